The number of aromatic nitrogens is 2. The molecule has 106 valence electrons. The van der Waals surface area contributed by atoms with Crippen LogP contribution in [0.2, 0.25) is 0 Å². The quantitative estimate of drug-likeness (QED) is 0.855. The zero-order valence-electron chi connectivity index (χ0n) is 11.3. The first-order chi connectivity index (χ1) is 9.78. The van der Waals surface area contributed by atoms with Gasteiger partial charge in [-0.15, -0.1) is 0 Å². The number of anilines is 2. The predicted octanol–water partition coefficient (Wildman–Crippen LogP) is 3.90. The lowest BCUT2D eigenvalue weighted by molar-refractivity contribution is 0.774. The maximum atomic E-state index is 4.66. The van der Waals surface area contributed by atoms with Crippen molar-refractivity contribution in [3.63, 3.8) is 0 Å². The summed E-state index contributed by atoms with van der Waals surface area (Å²) in [6, 6.07) is 2.79. The van der Waals surface area contributed by atoms with E-state index in [0.29, 0.717) is 12.0 Å². The van der Waals surface area contributed by atoms with Crippen molar-refractivity contribution < 1.29 is 0 Å². The van der Waals surface area contributed by atoms with Crippen LogP contribution in [0.1, 0.15) is 25.3 Å². The molecule has 1 saturated carbocycles. The Kier molecular flexibility index (Phi) is 4.21. The number of hydrogen-bond donors (Lipinski definition) is 1. The molecule has 1 fully saturated rings. The molecular formula is C14H17BrN4S. The molecule has 0 bridgehead atoms. The predicted molar refractivity (Wildman–Crippen MR) is 87.4 cm³/mol. The second-order valence-electron chi connectivity index (χ2n) is 4.89. The summed E-state index contributed by atoms with van der Waals surface area (Å²) < 4.78 is 0.960. The average molecular weight is 353 g/mol. The molecule has 4 nitrogen and oxygen atoms in total. The topological polar surface area (TPSA) is 41.1 Å². The largest absolute Gasteiger partial charge is 0.354 e. The summed E-state index contributed by atoms with van der Waals surface area (Å²) in [5.41, 5.74) is 1.34. The highest BCUT2D eigenvalue weighted by atomic mass is 79.9. The summed E-state index contributed by atoms with van der Waals surface area (Å²) in [7, 11) is 0. The molecule has 1 aliphatic rings. The van der Waals surface area contributed by atoms with E-state index in [1.54, 1.807) is 11.3 Å². The molecule has 0 spiro atoms. The molecule has 0 radical (unpaired) electrons. The normalized spacial score (nSPS) is 14.3. The number of rotatable bonds is 6. The van der Waals surface area contributed by atoms with Gasteiger partial charge in [0.05, 0.1) is 4.47 Å². The molecule has 3 rings (SSSR count). The summed E-state index contributed by atoms with van der Waals surface area (Å²) in [5, 5.41) is 7.51. The Morgan fingerprint density at radius 3 is 3.00 bits per heavy atom. The number of thiophene rings is 1. The first kappa shape index (κ1) is 13.8. The van der Waals surface area contributed by atoms with Crippen LogP contribution in [0.3, 0.4) is 0 Å². The number of halogens is 1. The Balaban J connectivity index is 1.88. The van der Waals surface area contributed by atoms with Gasteiger partial charge in [-0.25, -0.2) is 4.98 Å². The van der Waals surface area contributed by atoms with E-state index in [2.05, 4.69) is 59.9 Å². The highest BCUT2D eigenvalue weighted by Crippen LogP contribution is 2.36. The first-order valence-corrected chi connectivity index (χ1v) is 8.55. The van der Waals surface area contributed by atoms with Gasteiger partial charge in [0.15, 0.2) is 0 Å². The van der Waals surface area contributed by atoms with Crippen molar-refractivity contribution in [3.05, 3.63) is 33.1 Å². The van der Waals surface area contributed by atoms with Gasteiger partial charge in [0.2, 0.25) is 5.95 Å². The van der Waals surface area contributed by atoms with E-state index in [0.717, 1.165) is 23.4 Å². The molecule has 6 heteroatoms. The van der Waals surface area contributed by atoms with Crippen molar-refractivity contribution in [1.82, 2.24) is 9.97 Å². The lowest BCUT2D eigenvalue weighted by Gasteiger charge is -2.24. The smallest absolute Gasteiger partial charge is 0.224 e. The van der Waals surface area contributed by atoms with Crippen molar-refractivity contribution in [1.29, 1.82) is 0 Å². The minimum atomic E-state index is 0.607. The van der Waals surface area contributed by atoms with E-state index in [1.165, 1.54) is 18.4 Å². The Morgan fingerprint density at radius 2 is 2.35 bits per heavy atom. The molecular weight excluding hydrogens is 336 g/mol. The zero-order valence-corrected chi connectivity index (χ0v) is 13.7. The second-order valence-corrected chi connectivity index (χ2v) is 6.52. The van der Waals surface area contributed by atoms with Gasteiger partial charge in [-0.05, 0) is 58.1 Å². The van der Waals surface area contributed by atoms with Gasteiger partial charge < -0.3 is 10.2 Å². The van der Waals surface area contributed by atoms with Crippen molar-refractivity contribution >= 4 is 39.0 Å². The van der Waals surface area contributed by atoms with Crippen LogP contribution in [0.25, 0.3) is 0 Å². The molecule has 1 aliphatic carbocycles. The van der Waals surface area contributed by atoms with Gasteiger partial charge in [-0.2, -0.15) is 16.3 Å². The van der Waals surface area contributed by atoms with E-state index < -0.39 is 0 Å². The molecule has 0 unspecified atom stereocenters. The molecule has 20 heavy (non-hydrogen) atoms. The molecule has 0 aromatic carbocycles. The third-order valence-corrected chi connectivity index (χ3v) is 4.54. The van der Waals surface area contributed by atoms with Crippen LogP contribution in [-0.2, 0) is 6.54 Å². The van der Waals surface area contributed by atoms with Crippen LogP contribution in [-0.4, -0.2) is 22.6 Å². The third kappa shape index (κ3) is 3.12. The average Bonchev–Trinajstić information content (AvgIpc) is 3.16. The van der Waals surface area contributed by atoms with Crippen molar-refractivity contribution in [2.24, 2.45) is 0 Å². The Labute approximate surface area is 131 Å². The van der Waals surface area contributed by atoms with Gasteiger partial charge in [0.25, 0.3) is 0 Å². The van der Waals surface area contributed by atoms with Gasteiger partial charge in [-0.3, -0.25) is 0 Å². The highest BCUT2D eigenvalue weighted by Gasteiger charge is 2.31. The van der Waals surface area contributed by atoms with Crippen LogP contribution in [0.5, 0.6) is 0 Å². The maximum absolute atomic E-state index is 4.66. The molecule has 2 heterocycles. The molecule has 2 aromatic heterocycles. The summed E-state index contributed by atoms with van der Waals surface area (Å²) in [6.45, 7) is 3.79. The fraction of sp³-hybridized carbons (Fsp3) is 0.429. The summed E-state index contributed by atoms with van der Waals surface area (Å²) in [6.07, 6.45) is 4.33. The van der Waals surface area contributed by atoms with E-state index in [-0.39, 0.29) is 0 Å². The number of nitrogens with one attached hydrogen (secondary N) is 1. The zero-order chi connectivity index (χ0) is 13.9. The van der Waals surface area contributed by atoms with E-state index in [4.69, 9.17) is 0 Å². The van der Waals surface area contributed by atoms with Crippen molar-refractivity contribution in [2.75, 3.05) is 16.8 Å². The first-order valence-electron chi connectivity index (χ1n) is 6.82. The maximum Gasteiger partial charge on any atom is 0.224 e. The molecule has 0 atom stereocenters. The lowest BCUT2D eigenvalue weighted by Crippen LogP contribution is -2.26. The summed E-state index contributed by atoms with van der Waals surface area (Å²) >= 11 is 5.33. The number of hydrogen-bond acceptors (Lipinski definition) is 5. The third-order valence-electron chi connectivity index (χ3n) is 3.25. The van der Waals surface area contributed by atoms with E-state index in [1.807, 2.05) is 6.20 Å². The molecule has 0 aliphatic heterocycles. The fourth-order valence-corrected chi connectivity index (χ4v) is 3.22. The Bertz CT molecular complexity index is 569. The van der Waals surface area contributed by atoms with Gasteiger partial charge in [-0.1, -0.05) is 0 Å². The SMILES string of the molecule is CCNc1ncc(Br)c(N(Cc2ccsc2)C2CC2)n1. The van der Waals surface area contributed by atoms with Crippen LogP contribution in [0, 0.1) is 0 Å². The second kappa shape index (κ2) is 6.10. The molecule has 1 N–H and O–H groups in total. The van der Waals surface area contributed by atoms with Crippen LogP contribution < -0.4 is 10.2 Å². The van der Waals surface area contributed by atoms with E-state index in [9.17, 15) is 0 Å². The van der Waals surface area contributed by atoms with Crippen molar-refractivity contribution in [2.45, 2.75) is 32.4 Å². The molecule has 2 aromatic rings. The summed E-state index contributed by atoms with van der Waals surface area (Å²) in [5.74, 6) is 1.69. The van der Waals surface area contributed by atoms with Crippen LogP contribution >= 0.6 is 27.3 Å². The minimum absolute atomic E-state index is 0.607. The lowest BCUT2D eigenvalue weighted by atomic mass is 10.3. The standard InChI is InChI=1S/C14H17BrN4S/c1-2-16-14-17-7-12(15)13(18-14)19(11-3-4-11)8-10-5-6-20-9-10/h5-7,9,11H,2-4,8H2,1H3,(H,16,17,18). The Morgan fingerprint density at radius 1 is 1.50 bits per heavy atom. The monoisotopic (exact) mass is 352 g/mol. The summed E-state index contributed by atoms with van der Waals surface area (Å²) in [4.78, 5) is 11.3. The number of nitrogens with zero attached hydrogens (tertiary/aromatic N) is 3. The fourth-order valence-electron chi connectivity index (χ4n) is 2.15. The molecule has 0 amide bonds. The van der Waals surface area contributed by atoms with E-state index >= 15 is 0 Å². The van der Waals surface area contributed by atoms with Gasteiger partial charge in [0, 0.05) is 25.3 Å². The van der Waals surface area contributed by atoms with Gasteiger partial charge >= 0.3 is 0 Å². The van der Waals surface area contributed by atoms with Crippen molar-refractivity contribution in [3.8, 4) is 0 Å². The van der Waals surface area contributed by atoms with Crippen LogP contribution in [0.4, 0.5) is 11.8 Å². The minimum Gasteiger partial charge on any atom is -0.354 e. The highest BCUT2D eigenvalue weighted by molar-refractivity contribution is 9.10. The van der Waals surface area contributed by atoms with Crippen LogP contribution in [0.15, 0.2) is 27.5 Å². The van der Waals surface area contributed by atoms with Gasteiger partial charge in [0.1, 0.15) is 5.82 Å². The molecule has 0 saturated heterocycles. The Hall–Kier alpha value is -1.14.